The molecule has 2 heteroatoms. The molecule has 0 aliphatic heterocycles. The average molecular weight is 173 g/mol. The quantitative estimate of drug-likeness (QED) is 0.661. The van der Waals surface area contributed by atoms with Gasteiger partial charge in [-0.25, -0.2) is 0 Å². The molecule has 1 N–H and O–H groups in total. The second kappa shape index (κ2) is 6.44. The lowest BCUT2D eigenvalue weighted by atomic mass is 10.1. The molecule has 0 aromatic rings. The molecule has 0 aliphatic rings. The van der Waals surface area contributed by atoms with Crippen LogP contribution in [-0.2, 0) is 0 Å². The molecule has 1 atom stereocenters. The lowest BCUT2D eigenvalue weighted by molar-refractivity contribution is 0.112. The average Bonchev–Trinajstić information content (AvgIpc) is 1.84. The van der Waals surface area contributed by atoms with Crippen LogP contribution in [0.15, 0.2) is 0 Å². The summed E-state index contributed by atoms with van der Waals surface area (Å²) in [5, 5.41) is 9.49. The number of nitrogens with zero attached hydrogens (tertiary/aromatic N) is 1. The number of hydrogen-bond acceptors (Lipinski definition) is 2. The smallest absolute Gasteiger partial charge is 0.0666 e. The molecule has 0 radical (unpaired) electrons. The summed E-state index contributed by atoms with van der Waals surface area (Å²) in [6, 6.07) is 0. The monoisotopic (exact) mass is 173 g/mol. The molecular weight excluding hydrogens is 150 g/mol. The van der Waals surface area contributed by atoms with Crippen LogP contribution in [0.5, 0.6) is 0 Å². The fourth-order valence-corrected chi connectivity index (χ4v) is 1.48. The summed E-state index contributed by atoms with van der Waals surface area (Å²) in [7, 11) is 2.07. The van der Waals surface area contributed by atoms with Gasteiger partial charge in [-0.1, -0.05) is 27.2 Å². The van der Waals surface area contributed by atoms with Crippen molar-refractivity contribution >= 4 is 0 Å². The molecule has 0 aliphatic carbocycles. The number of aliphatic hydroxyl groups is 1. The van der Waals surface area contributed by atoms with Gasteiger partial charge in [-0.15, -0.1) is 0 Å². The van der Waals surface area contributed by atoms with Crippen molar-refractivity contribution in [2.75, 3.05) is 20.1 Å². The van der Waals surface area contributed by atoms with Crippen molar-refractivity contribution in [3.8, 4) is 0 Å². The molecule has 0 saturated heterocycles. The molecule has 0 heterocycles. The first kappa shape index (κ1) is 11.9. The van der Waals surface area contributed by atoms with Gasteiger partial charge in [0, 0.05) is 13.1 Å². The Morgan fingerprint density at radius 1 is 1.25 bits per heavy atom. The third-order valence-corrected chi connectivity index (χ3v) is 1.82. The molecule has 0 amide bonds. The molecule has 0 aromatic carbocycles. The number of rotatable bonds is 6. The summed E-state index contributed by atoms with van der Waals surface area (Å²) in [5.41, 5.74) is 0. The molecule has 2 nitrogen and oxygen atoms in total. The van der Waals surface area contributed by atoms with Crippen molar-refractivity contribution in [2.45, 2.75) is 39.7 Å². The zero-order valence-corrected chi connectivity index (χ0v) is 8.88. The van der Waals surface area contributed by atoms with E-state index < -0.39 is 0 Å². The van der Waals surface area contributed by atoms with Crippen molar-refractivity contribution in [1.82, 2.24) is 4.90 Å². The van der Waals surface area contributed by atoms with E-state index in [1.165, 1.54) is 0 Å². The molecule has 0 saturated carbocycles. The van der Waals surface area contributed by atoms with Gasteiger partial charge in [-0.3, -0.25) is 0 Å². The number of likely N-dealkylation sites (N-methyl/N-ethyl adjacent to an activating group) is 1. The van der Waals surface area contributed by atoms with Gasteiger partial charge in [-0.05, 0) is 19.4 Å². The second-order valence-corrected chi connectivity index (χ2v) is 4.06. The Morgan fingerprint density at radius 2 is 1.83 bits per heavy atom. The molecule has 74 valence electrons. The van der Waals surface area contributed by atoms with Gasteiger partial charge in [0.2, 0.25) is 0 Å². The maximum absolute atomic E-state index is 9.49. The Labute approximate surface area is 76.6 Å². The van der Waals surface area contributed by atoms with E-state index in [0.29, 0.717) is 5.92 Å². The highest BCUT2D eigenvalue weighted by Gasteiger charge is 2.07. The zero-order valence-electron chi connectivity index (χ0n) is 8.88. The van der Waals surface area contributed by atoms with Crippen LogP contribution in [0.3, 0.4) is 0 Å². The zero-order chi connectivity index (χ0) is 9.56. The van der Waals surface area contributed by atoms with Crippen molar-refractivity contribution in [1.29, 1.82) is 0 Å². The van der Waals surface area contributed by atoms with E-state index in [1.54, 1.807) is 0 Å². The van der Waals surface area contributed by atoms with Gasteiger partial charge >= 0.3 is 0 Å². The van der Waals surface area contributed by atoms with Crippen molar-refractivity contribution in [2.24, 2.45) is 5.92 Å². The van der Waals surface area contributed by atoms with E-state index in [9.17, 15) is 5.11 Å². The maximum Gasteiger partial charge on any atom is 0.0666 e. The molecule has 1 unspecified atom stereocenters. The number of aliphatic hydroxyl groups excluding tert-OH is 1. The minimum absolute atomic E-state index is 0.140. The Bertz CT molecular complexity index is 104. The molecule has 0 spiro atoms. The van der Waals surface area contributed by atoms with Crippen molar-refractivity contribution in [3.05, 3.63) is 0 Å². The highest BCUT2D eigenvalue weighted by atomic mass is 16.3. The maximum atomic E-state index is 9.49. The van der Waals surface area contributed by atoms with Gasteiger partial charge in [0.25, 0.3) is 0 Å². The van der Waals surface area contributed by atoms with E-state index in [-0.39, 0.29) is 6.10 Å². The first-order chi connectivity index (χ1) is 5.56. The Hall–Kier alpha value is -0.0800. The van der Waals surface area contributed by atoms with Crippen molar-refractivity contribution in [3.63, 3.8) is 0 Å². The Balaban J connectivity index is 3.46. The van der Waals surface area contributed by atoms with E-state index in [2.05, 4.69) is 32.7 Å². The minimum Gasteiger partial charge on any atom is -0.392 e. The van der Waals surface area contributed by atoms with Crippen LogP contribution in [0.2, 0.25) is 0 Å². The van der Waals surface area contributed by atoms with Crippen LogP contribution in [0, 0.1) is 5.92 Å². The van der Waals surface area contributed by atoms with E-state index >= 15 is 0 Å². The fourth-order valence-electron chi connectivity index (χ4n) is 1.48. The summed E-state index contributed by atoms with van der Waals surface area (Å²) < 4.78 is 0. The highest BCUT2D eigenvalue weighted by molar-refractivity contribution is 4.61. The molecule has 0 aromatic heterocycles. The molecule has 0 rings (SSSR count). The first-order valence-corrected chi connectivity index (χ1v) is 4.92. The van der Waals surface area contributed by atoms with Crippen LogP contribution in [0.4, 0.5) is 0 Å². The molecule has 0 bridgehead atoms. The topological polar surface area (TPSA) is 23.5 Å². The largest absolute Gasteiger partial charge is 0.392 e. The van der Waals surface area contributed by atoms with Gasteiger partial charge in [0.15, 0.2) is 0 Å². The standard InChI is InChI=1S/C10H23NO/c1-5-6-10(12)8-11(4)7-9(2)3/h9-10,12H,5-8H2,1-4H3. The van der Waals surface area contributed by atoms with Crippen LogP contribution >= 0.6 is 0 Å². The third kappa shape index (κ3) is 6.62. The lowest BCUT2D eigenvalue weighted by Crippen LogP contribution is -2.31. The summed E-state index contributed by atoms with van der Waals surface area (Å²) in [4.78, 5) is 2.20. The normalized spacial score (nSPS) is 14.2. The highest BCUT2D eigenvalue weighted by Crippen LogP contribution is 2.01. The van der Waals surface area contributed by atoms with Crippen molar-refractivity contribution < 1.29 is 5.11 Å². The molecule has 12 heavy (non-hydrogen) atoms. The van der Waals surface area contributed by atoms with Gasteiger partial charge < -0.3 is 10.0 Å². The van der Waals surface area contributed by atoms with E-state index in [0.717, 1.165) is 25.9 Å². The summed E-state index contributed by atoms with van der Waals surface area (Å²) >= 11 is 0. The predicted molar refractivity (Wildman–Crippen MR) is 53.2 cm³/mol. The van der Waals surface area contributed by atoms with Crippen LogP contribution in [0.1, 0.15) is 33.6 Å². The predicted octanol–water partition coefficient (Wildman–Crippen LogP) is 1.74. The fraction of sp³-hybridized carbons (Fsp3) is 1.00. The van der Waals surface area contributed by atoms with Crippen LogP contribution < -0.4 is 0 Å². The molecular formula is C10H23NO. The number of hydrogen-bond donors (Lipinski definition) is 1. The Kier molecular flexibility index (Phi) is 6.39. The SMILES string of the molecule is CCCC(O)CN(C)CC(C)C. The second-order valence-electron chi connectivity index (χ2n) is 4.06. The Morgan fingerprint density at radius 3 is 2.25 bits per heavy atom. The van der Waals surface area contributed by atoms with E-state index in [4.69, 9.17) is 0 Å². The molecule has 0 fully saturated rings. The minimum atomic E-state index is -0.140. The van der Waals surface area contributed by atoms with Crippen LogP contribution in [0.25, 0.3) is 0 Å². The summed E-state index contributed by atoms with van der Waals surface area (Å²) in [5.74, 6) is 0.684. The lowest BCUT2D eigenvalue weighted by Gasteiger charge is -2.21. The van der Waals surface area contributed by atoms with Gasteiger partial charge in [0.1, 0.15) is 0 Å². The van der Waals surface area contributed by atoms with Crippen LogP contribution in [-0.4, -0.2) is 36.2 Å². The van der Waals surface area contributed by atoms with E-state index in [1.807, 2.05) is 0 Å². The summed E-state index contributed by atoms with van der Waals surface area (Å²) in [6.07, 6.45) is 1.85. The summed E-state index contributed by atoms with van der Waals surface area (Å²) in [6.45, 7) is 8.38. The van der Waals surface area contributed by atoms with Gasteiger partial charge in [0.05, 0.1) is 6.10 Å². The third-order valence-electron chi connectivity index (χ3n) is 1.82. The first-order valence-electron chi connectivity index (χ1n) is 4.92. The van der Waals surface area contributed by atoms with Gasteiger partial charge in [-0.2, -0.15) is 0 Å².